The van der Waals surface area contributed by atoms with Crippen LogP contribution in [0, 0.1) is 0 Å². The molecular formula is C13H16F3N3O2S2. The van der Waals surface area contributed by atoms with Gasteiger partial charge in [0, 0.05) is 13.1 Å². The van der Waals surface area contributed by atoms with Crippen LogP contribution in [0.2, 0.25) is 0 Å². The van der Waals surface area contributed by atoms with Crippen LogP contribution in [0.3, 0.4) is 0 Å². The SMILES string of the molecule is C=CCNC(=S)N(Cc1ccc(S(N)(=O)=O)cc1)CC(F)(F)F. The van der Waals surface area contributed by atoms with E-state index in [1.165, 1.54) is 30.3 Å². The molecular weight excluding hydrogens is 351 g/mol. The second kappa shape index (κ2) is 7.75. The minimum absolute atomic E-state index is 0.0715. The van der Waals surface area contributed by atoms with Crippen molar-refractivity contribution in [2.45, 2.75) is 17.6 Å². The number of primary sulfonamides is 1. The van der Waals surface area contributed by atoms with E-state index in [4.69, 9.17) is 17.4 Å². The number of thiocarbonyl (C=S) groups is 1. The Morgan fingerprint density at radius 2 is 1.91 bits per heavy atom. The molecule has 0 saturated heterocycles. The molecule has 3 N–H and O–H groups in total. The number of rotatable bonds is 6. The summed E-state index contributed by atoms with van der Waals surface area (Å²) in [5.74, 6) is 0. The lowest BCUT2D eigenvalue weighted by Crippen LogP contribution is -2.44. The van der Waals surface area contributed by atoms with Crippen molar-refractivity contribution in [1.82, 2.24) is 10.2 Å². The van der Waals surface area contributed by atoms with Crippen molar-refractivity contribution in [2.75, 3.05) is 13.1 Å². The summed E-state index contributed by atoms with van der Waals surface area (Å²) in [5.41, 5.74) is 0.462. The van der Waals surface area contributed by atoms with Crippen LogP contribution in [-0.4, -0.2) is 37.7 Å². The molecule has 1 rings (SSSR count). The molecule has 0 spiro atoms. The summed E-state index contributed by atoms with van der Waals surface area (Å²) < 4.78 is 60.3. The Morgan fingerprint density at radius 1 is 1.35 bits per heavy atom. The van der Waals surface area contributed by atoms with E-state index in [0.717, 1.165) is 4.90 Å². The number of benzene rings is 1. The van der Waals surface area contributed by atoms with Crippen molar-refractivity contribution >= 4 is 27.4 Å². The van der Waals surface area contributed by atoms with Gasteiger partial charge >= 0.3 is 6.18 Å². The highest BCUT2D eigenvalue weighted by molar-refractivity contribution is 7.89. The van der Waals surface area contributed by atoms with Crippen molar-refractivity contribution in [1.29, 1.82) is 0 Å². The van der Waals surface area contributed by atoms with Gasteiger partial charge in [0.15, 0.2) is 5.11 Å². The maximum Gasteiger partial charge on any atom is 0.406 e. The number of nitrogens with two attached hydrogens (primary N) is 1. The number of halogens is 3. The van der Waals surface area contributed by atoms with E-state index in [2.05, 4.69) is 11.9 Å². The quantitative estimate of drug-likeness (QED) is 0.592. The molecule has 5 nitrogen and oxygen atoms in total. The fourth-order valence-corrected chi connectivity index (χ4v) is 2.42. The summed E-state index contributed by atoms with van der Waals surface area (Å²) in [5, 5.41) is 7.53. The number of nitrogens with zero attached hydrogens (tertiary/aromatic N) is 1. The van der Waals surface area contributed by atoms with E-state index >= 15 is 0 Å². The molecule has 0 bridgehead atoms. The van der Waals surface area contributed by atoms with Crippen molar-refractivity contribution in [3.05, 3.63) is 42.5 Å². The summed E-state index contributed by atoms with van der Waals surface area (Å²) in [4.78, 5) is 0.820. The molecule has 23 heavy (non-hydrogen) atoms. The molecule has 0 fully saturated rings. The normalized spacial score (nSPS) is 11.8. The summed E-state index contributed by atoms with van der Waals surface area (Å²) in [6.45, 7) is 2.32. The molecule has 128 valence electrons. The first-order chi connectivity index (χ1) is 10.5. The zero-order valence-corrected chi connectivity index (χ0v) is 13.6. The van der Waals surface area contributed by atoms with Gasteiger partial charge in [-0.25, -0.2) is 13.6 Å². The van der Waals surface area contributed by atoms with E-state index in [1.54, 1.807) is 0 Å². The molecule has 1 aromatic rings. The third kappa shape index (κ3) is 6.97. The van der Waals surface area contributed by atoms with Gasteiger partial charge in [0.2, 0.25) is 10.0 Å². The van der Waals surface area contributed by atoms with Crippen LogP contribution in [-0.2, 0) is 16.6 Å². The maximum absolute atomic E-state index is 12.7. The van der Waals surface area contributed by atoms with E-state index in [0.29, 0.717) is 5.56 Å². The largest absolute Gasteiger partial charge is 0.406 e. The molecule has 0 heterocycles. The Kier molecular flexibility index (Phi) is 6.54. The number of sulfonamides is 1. The Morgan fingerprint density at radius 3 is 2.35 bits per heavy atom. The lowest BCUT2D eigenvalue weighted by atomic mass is 10.2. The first-order valence-electron chi connectivity index (χ1n) is 6.35. The van der Waals surface area contributed by atoms with Gasteiger partial charge in [-0.15, -0.1) is 6.58 Å². The van der Waals surface area contributed by atoms with Crippen LogP contribution in [0.15, 0.2) is 41.8 Å². The highest BCUT2D eigenvalue weighted by Gasteiger charge is 2.31. The average molecular weight is 367 g/mol. The summed E-state index contributed by atoms with van der Waals surface area (Å²) >= 11 is 4.94. The predicted octanol–water partition coefficient (Wildman–Crippen LogP) is 1.76. The second-order valence-electron chi connectivity index (χ2n) is 4.63. The fourth-order valence-electron chi connectivity index (χ4n) is 1.69. The van der Waals surface area contributed by atoms with Crippen LogP contribution in [0.4, 0.5) is 13.2 Å². The van der Waals surface area contributed by atoms with Gasteiger partial charge in [-0.2, -0.15) is 13.2 Å². The van der Waals surface area contributed by atoms with Crippen molar-refractivity contribution < 1.29 is 21.6 Å². The first-order valence-corrected chi connectivity index (χ1v) is 8.30. The van der Waals surface area contributed by atoms with E-state index in [1.807, 2.05) is 0 Å². The third-order valence-electron chi connectivity index (χ3n) is 2.68. The van der Waals surface area contributed by atoms with Crippen molar-refractivity contribution in [3.8, 4) is 0 Å². The molecule has 0 amide bonds. The number of hydrogen-bond donors (Lipinski definition) is 2. The number of hydrogen-bond acceptors (Lipinski definition) is 3. The topological polar surface area (TPSA) is 75.4 Å². The standard InChI is InChI=1S/C13H16F3N3O2S2/c1-2-7-18-12(22)19(9-13(14,15)16)8-10-3-5-11(6-4-10)23(17,20)21/h2-6H,1,7-9H2,(H,18,22)(H2,17,20,21). The van der Waals surface area contributed by atoms with E-state index in [-0.39, 0.29) is 23.1 Å². The van der Waals surface area contributed by atoms with Crippen LogP contribution in [0.5, 0.6) is 0 Å². The lowest BCUT2D eigenvalue weighted by Gasteiger charge is -2.26. The highest BCUT2D eigenvalue weighted by Crippen LogP contribution is 2.19. The second-order valence-corrected chi connectivity index (χ2v) is 6.58. The zero-order valence-electron chi connectivity index (χ0n) is 12.0. The van der Waals surface area contributed by atoms with Gasteiger partial charge in [0.05, 0.1) is 4.90 Å². The summed E-state index contributed by atoms with van der Waals surface area (Å²) in [6.07, 6.45) is -2.96. The molecule has 0 aliphatic rings. The van der Waals surface area contributed by atoms with Gasteiger partial charge in [0.1, 0.15) is 6.54 Å². The molecule has 1 aromatic carbocycles. The zero-order chi connectivity index (χ0) is 17.7. The van der Waals surface area contributed by atoms with Gasteiger partial charge in [-0.3, -0.25) is 0 Å². The van der Waals surface area contributed by atoms with Gasteiger partial charge in [-0.1, -0.05) is 18.2 Å². The fraction of sp³-hybridized carbons (Fsp3) is 0.308. The van der Waals surface area contributed by atoms with Crippen LogP contribution in [0.25, 0.3) is 0 Å². The predicted molar refractivity (Wildman–Crippen MR) is 85.1 cm³/mol. The van der Waals surface area contributed by atoms with E-state index < -0.39 is 22.7 Å². The third-order valence-corrected chi connectivity index (χ3v) is 4.01. The molecule has 0 aliphatic heterocycles. The Balaban J connectivity index is 2.91. The number of nitrogens with one attached hydrogen (secondary N) is 1. The molecule has 0 aliphatic carbocycles. The minimum Gasteiger partial charge on any atom is -0.359 e. The summed E-state index contributed by atoms with van der Waals surface area (Å²) in [6, 6.07) is 5.24. The van der Waals surface area contributed by atoms with Crippen LogP contribution in [0.1, 0.15) is 5.56 Å². The molecule has 0 radical (unpaired) electrons. The van der Waals surface area contributed by atoms with Crippen LogP contribution < -0.4 is 10.5 Å². The molecule has 0 atom stereocenters. The monoisotopic (exact) mass is 367 g/mol. The highest BCUT2D eigenvalue weighted by atomic mass is 32.2. The molecule has 10 heteroatoms. The van der Waals surface area contributed by atoms with E-state index in [9.17, 15) is 21.6 Å². The van der Waals surface area contributed by atoms with Crippen molar-refractivity contribution in [3.63, 3.8) is 0 Å². The summed E-state index contributed by atoms with van der Waals surface area (Å²) in [7, 11) is -3.85. The van der Waals surface area contributed by atoms with Gasteiger partial charge in [-0.05, 0) is 29.9 Å². The number of alkyl halides is 3. The smallest absolute Gasteiger partial charge is 0.359 e. The Bertz CT molecular complexity index is 658. The molecule has 0 aromatic heterocycles. The van der Waals surface area contributed by atoms with Crippen LogP contribution >= 0.6 is 12.2 Å². The first kappa shape index (κ1) is 19.4. The van der Waals surface area contributed by atoms with Gasteiger partial charge in [0.25, 0.3) is 0 Å². The lowest BCUT2D eigenvalue weighted by molar-refractivity contribution is -0.138. The molecule has 0 unspecified atom stereocenters. The van der Waals surface area contributed by atoms with Gasteiger partial charge < -0.3 is 10.2 Å². The Labute approximate surface area is 138 Å². The molecule has 0 saturated carbocycles. The minimum atomic E-state index is -4.43. The Hall–Kier alpha value is -1.65. The maximum atomic E-state index is 12.7. The van der Waals surface area contributed by atoms with Crippen molar-refractivity contribution in [2.24, 2.45) is 5.14 Å². The average Bonchev–Trinajstić information content (AvgIpc) is 2.42.